The molecule has 1 aromatic heterocycles. The molecule has 0 saturated carbocycles. The highest BCUT2D eigenvalue weighted by Gasteiger charge is 2.17. The third-order valence-corrected chi connectivity index (χ3v) is 4.15. The van der Waals surface area contributed by atoms with Gasteiger partial charge in [0.15, 0.2) is 0 Å². The minimum absolute atomic E-state index is 0.0583. The summed E-state index contributed by atoms with van der Waals surface area (Å²) in [5.74, 6) is 5.83. The fourth-order valence-corrected chi connectivity index (χ4v) is 2.87. The van der Waals surface area contributed by atoms with E-state index < -0.39 is 0 Å². The standard InChI is InChI=1S/C14H17NO3S/c1-10-7-13(19-12(10)3-2-5-16)14(17)15-8-11-4-6-18-9-11/h7,11,16H,4-6,8-9H2,1H3,(H,15,17). The van der Waals surface area contributed by atoms with Crippen LogP contribution >= 0.6 is 11.3 Å². The third-order valence-electron chi connectivity index (χ3n) is 3.00. The summed E-state index contributed by atoms with van der Waals surface area (Å²) in [4.78, 5) is 13.5. The predicted octanol–water partition coefficient (Wildman–Crippen LogP) is 1.17. The van der Waals surface area contributed by atoms with Crippen LogP contribution in [0.25, 0.3) is 0 Å². The van der Waals surface area contributed by atoms with Gasteiger partial charge in [0.1, 0.15) is 6.61 Å². The largest absolute Gasteiger partial charge is 0.384 e. The Balaban J connectivity index is 1.94. The van der Waals surface area contributed by atoms with Gasteiger partial charge in [0.2, 0.25) is 0 Å². The molecule has 1 amide bonds. The van der Waals surface area contributed by atoms with E-state index in [2.05, 4.69) is 17.2 Å². The first-order valence-corrected chi connectivity index (χ1v) is 7.08. The van der Waals surface area contributed by atoms with Gasteiger partial charge < -0.3 is 15.2 Å². The number of carbonyl (C=O) groups excluding carboxylic acids is 1. The van der Waals surface area contributed by atoms with Crippen LogP contribution in [0.4, 0.5) is 0 Å². The zero-order valence-electron chi connectivity index (χ0n) is 10.9. The molecule has 0 spiro atoms. The highest BCUT2D eigenvalue weighted by Crippen LogP contribution is 2.21. The average Bonchev–Trinajstić information content (AvgIpc) is 3.03. The number of thiophene rings is 1. The van der Waals surface area contributed by atoms with Crippen LogP contribution in [0.15, 0.2) is 6.07 Å². The Morgan fingerprint density at radius 3 is 3.21 bits per heavy atom. The van der Waals surface area contributed by atoms with E-state index in [0.29, 0.717) is 17.3 Å². The van der Waals surface area contributed by atoms with Gasteiger partial charge in [-0.05, 0) is 25.0 Å². The van der Waals surface area contributed by atoms with Crippen molar-refractivity contribution in [3.05, 3.63) is 21.4 Å². The van der Waals surface area contributed by atoms with Gasteiger partial charge in [-0.15, -0.1) is 11.3 Å². The molecule has 1 fully saturated rings. The SMILES string of the molecule is Cc1cc(C(=O)NCC2CCOC2)sc1C#CCO. The van der Waals surface area contributed by atoms with Crippen molar-refractivity contribution in [3.8, 4) is 11.8 Å². The summed E-state index contributed by atoms with van der Waals surface area (Å²) < 4.78 is 5.27. The normalized spacial score (nSPS) is 17.9. The first kappa shape index (κ1) is 14.1. The van der Waals surface area contributed by atoms with Crippen molar-refractivity contribution in [2.75, 3.05) is 26.4 Å². The monoisotopic (exact) mass is 279 g/mol. The maximum absolute atomic E-state index is 12.0. The fourth-order valence-electron chi connectivity index (χ4n) is 1.91. The van der Waals surface area contributed by atoms with Gasteiger partial charge in [-0.25, -0.2) is 0 Å². The Bertz CT molecular complexity index is 506. The fraction of sp³-hybridized carbons (Fsp3) is 0.500. The number of hydrogen-bond acceptors (Lipinski definition) is 4. The van der Waals surface area contributed by atoms with E-state index in [-0.39, 0.29) is 12.5 Å². The number of aliphatic hydroxyl groups excluding tert-OH is 1. The Morgan fingerprint density at radius 2 is 2.53 bits per heavy atom. The topological polar surface area (TPSA) is 58.6 Å². The van der Waals surface area contributed by atoms with Crippen molar-refractivity contribution in [3.63, 3.8) is 0 Å². The molecule has 0 radical (unpaired) electrons. The zero-order chi connectivity index (χ0) is 13.7. The molecule has 19 heavy (non-hydrogen) atoms. The Morgan fingerprint density at radius 1 is 1.68 bits per heavy atom. The minimum atomic E-state index is -0.166. The van der Waals surface area contributed by atoms with Gasteiger partial charge in [0.25, 0.3) is 5.91 Å². The molecule has 2 heterocycles. The first-order valence-electron chi connectivity index (χ1n) is 6.27. The number of amides is 1. The Kier molecular flexibility index (Phi) is 4.97. The molecule has 1 aliphatic rings. The van der Waals surface area contributed by atoms with Crippen LogP contribution in [-0.2, 0) is 4.74 Å². The van der Waals surface area contributed by atoms with Crippen LogP contribution in [0.1, 0.15) is 26.5 Å². The smallest absolute Gasteiger partial charge is 0.261 e. The summed E-state index contributed by atoms with van der Waals surface area (Å²) >= 11 is 1.36. The number of nitrogens with one attached hydrogen (secondary N) is 1. The van der Waals surface area contributed by atoms with E-state index in [1.165, 1.54) is 11.3 Å². The van der Waals surface area contributed by atoms with Gasteiger partial charge >= 0.3 is 0 Å². The van der Waals surface area contributed by atoms with Gasteiger partial charge in [-0.2, -0.15) is 0 Å². The molecule has 2 rings (SSSR count). The van der Waals surface area contributed by atoms with Crippen molar-refractivity contribution >= 4 is 17.2 Å². The lowest BCUT2D eigenvalue weighted by atomic mass is 10.1. The lowest BCUT2D eigenvalue weighted by Crippen LogP contribution is -2.28. The molecule has 4 nitrogen and oxygen atoms in total. The second-order valence-corrected chi connectivity index (χ2v) is 5.57. The highest BCUT2D eigenvalue weighted by molar-refractivity contribution is 7.14. The van der Waals surface area contributed by atoms with Crippen LogP contribution in [0, 0.1) is 24.7 Å². The van der Waals surface area contributed by atoms with E-state index in [4.69, 9.17) is 9.84 Å². The molecule has 0 aromatic carbocycles. The van der Waals surface area contributed by atoms with Crippen LogP contribution < -0.4 is 5.32 Å². The number of aryl methyl sites for hydroxylation is 1. The van der Waals surface area contributed by atoms with Gasteiger partial charge in [0, 0.05) is 19.1 Å². The summed E-state index contributed by atoms with van der Waals surface area (Å²) in [6.45, 7) is 3.93. The van der Waals surface area contributed by atoms with E-state index >= 15 is 0 Å². The molecule has 0 bridgehead atoms. The second-order valence-electron chi connectivity index (χ2n) is 4.52. The van der Waals surface area contributed by atoms with Gasteiger partial charge in [-0.3, -0.25) is 4.79 Å². The van der Waals surface area contributed by atoms with Crippen molar-refractivity contribution in [2.45, 2.75) is 13.3 Å². The number of ether oxygens (including phenoxy) is 1. The van der Waals surface area contributed by atoms with E-state index in [9.17, 15) is 4.79 Å². The maximum atomic E-state index is 12.0. The summed E-state index contributed by atoms with van der Waals surface area (Å²) in [6.07, 6.45) is 1.01. The van der Waals surface area contributed by atoms with Crippen molar-refractivity contribution in [1.29, 1.82) is 0 Å². The van der Waals surface area contributed by atoms with E-state index in [1.807, 2.05) is 13.0 Å². The molecule has 1 aliphatic heterocycles. The second kappa shape index (κ2) is 6.71. The minimum Gasteiger partial charge on any atom is -0.384 e. The summed E-state index contributed by atoms with van der Waals surface area (Å²) in [5, 5.41) is 11.6. The molecule has 0 aliphatic carbocycles. The van der Waals surface area contributed by atoms with E-state index in [1.54, 1.807) is 0 Å². The van der Waals surface area contributed by atoms with Crippen molar-refractivity contribution < 1.29 is 14.6 Å². The summed E-state index contributed by atoms with van der Waals surface area (Å²) in [5.41, 5.74) is 0.972. The van der Waals surface area contributed by atoms with Crippen LogP contribution in [0.2, 0.25) is 0 Å². The van der Waals surface area contributed by atoms with Crippen LogP contribution in [-0.4, -0.2) is 37.4 Å². The molecule has 1 atom stereocenters. The average molecular weight is 279 g/mol. The molecular formula is C14H17NO3S. The predicted molar refractivity (Wildman–Crippen MR) is 74.3 cm³/mol. The quantitative estimate of drug-likeness (QED) is 0.817. The number of carbonyl (C=O) groups is 1. The third kappa shape index (κ3) is 3.80. The summed E-state index contributed by atoms with van der Waals surface area (Å²) in [6, 6.07) is 1.84. The van der Waals surface area contributed by atoms with Gasteiger partial charge in [0.05, 0.1) is 16.4 Å². The zero-order valence-corrected chi connectivity index (χ0v) is 11.7. The maximum Gasteiger partial charge on any atom is 0.261 e. The molecule has 102 valence electrons. The molecule has 1 aromatic rings. The number of hydrogen-bond donors (Lipinski definition) is 2. The number of aliphatic hydroxyl groups is 1. The first-order chi connectivity index (χ1) is 9.20. The lowest BCUT2D eigenvalue weighted by molar-refractivity contribution is 0.0949. The molecule has 2 N–H and O–H groups in total. The Labute approximate surface area is 116 Å². The van der Waals surface area contributed by atoms with Crippen molar-refractivity contribution in [1.82, 2.24) is 5.32 Å². The summed E-state index contributed by atoms with van der Waals surface area (Å²) in [7, 11) is 0. The highest BCUT2D eigenvalue weighted by atomic mass is 32.1. The molecule has 1 saturated heterocycles. The van der Waals surface area contributed by atoms with Crippen LogP contribution in [0.3, 0.4) is 0 Å². The van der Waals surface area contributed by atoms with Crippen LogP contribution in [0.5, 0.6) is 0 Å². The van der Waals surface area contributed by atoms with E-state index in [0.717, 1.165) is 30.1 Å². The Hall–Kier alpha value is -1.35. The van der Waals surface area contributed by atoms with Crippen molar-refractivity contribution in [2.24, 2.45) is 5.92 Å². The molecule has 5 heteroatoms. The molecular weight excluding hydrogens is 262 g/mol. The number of rotatable bonds is 3. The molecule has 1 unspecified atom stereocenters. The van der Waals surface area contributed by atoms with Gasteiger partial charge in [-0.1, -0.05) is 11.8 Å². The lowest BCUT2D eigenvalue weighted by Gasteiger charge is -2.07.